The normalized spacial score (nSPS) is 11.5. The predicted octanol–water partition coefficient (Wildman–Crippen LogP) is 3.41. The lowest BCUT2D eigenvalue weighted by molar-refractivity contribution is -0.385. The number of sulfonamides is 1. The molecule has 0 aliphatic rings. The Morgan fingerprint density at radius 1 is 1.10 bits per heavy atom. The number of non-ortho nitro benzene ring substituents is 1. The summed E-state index contributed by atoms with van der Waals surface area (Å²) < 4.78 is 29.6. The van der Waals surface area contributed by atoms with Gasteiger partial charge in [0.25, 0.3) is 15.7 Å². The molecule has 9 nitrogen and oxygen atoms in total. The van der Waals surface area contributed by atoms with Gasteiger partial charge in [-0.15, -0.1) is 0 Å². The monoisotopic (exact) mass is 409 g/mol. The summed E-state index contributed by atoms with van der Waals surface area (Å²) in [7, 11) is -4.00. The molecule has 0 saturated heterocycles. The van der Waals surface area contributed by atoms with Crippen molar-refractivity contribution in [1.29, 1.82) is 0 Å². The van der Waals surface area contributed by atoms with E-state index in [9.17, 15) is 18.5 Å². The number of rotatable bonds is 5. The third-order valence-electron chi connectivity index (χ3n) is 4.37. The van der Waals surface area contributed by atoms with Crippen LogP contribution in [0.1, 0.15) is 5.69 Å². The largest absolute Gasteiger partial charge is 0.288 e. The van der Waals surface area contributed by atoms with Crippen LogP contribution in [0.5, 0.6) is 0 Å². The lowest BCUT2D eigenvalue weighted by atomic mass is 10.1. The van der Waals surface area contributed by atoms with Crippen molar-refractivity contribution in [3.8, 4) is 11.3 Å². The van der Waals surface area contributed by atoms with Crippen LogP contribution in [0.4, 0.5) is 11.4 Å². The van der Waals surface area contributed by atoms with Crippen molar-refractivity contribution in [2.75, 3.05) is 4.72 Å². The van der Waals surface area contributed by atoms with Crippen LogP contribution >= 0.6 is 0 Å². The second-order valence-corrected chi connectivity index (χ2v) is 7.96. The number of nitro groups is 1. The average molecular weight is 409 g/mol. The number of fused-ring (bicyclic) bond motifs is 1. The number of imidazole rings is 1. The van der Waals surface area contributed by atoms with E-state index in [0.29, 0.717) is 22.7 Å². The Bertz CT molecular complexity index is 1350. The topological polar surface area (TPSA) is 120 Å². The highest BCUT2D eigenvalue weighted by atomic mass is 32.2. The molecule has 0 unspecified atom stereocenters. The van der Waals surface area contributed by atoms with Crippen molar-refractivity contribution >= 4 is 27.2 Å². The molecule has 0 saturated carbocycles. The SMILES string of the molecule is Cc1c(-c2cccc(NS(=O)(=O)c3cccc([N+](=O)[O-])c3)c2)nc2ncccn12. The molecule has 1 N–H and O–H groups in total. The Morgan fingerprint density at radius 2 is 1.90 bits per heavy atom. The molecule has 0 amide bonds. The lowest BCUT2D eigenvalue weighted by Gasteiger charge is -2.09. The van der Waals surface area contributed by atoms with Gasteiger partial charge in [0, 0.05) is 41.5 Å². The zero-order chi connectivity index (χ0) is 20.6. The molecule has 0 bridgehead atoms. The molecule has 10 heteroatoms. The molecule has 0 aliphatic heterocycles. The Kier molecular flexibility index (Phi) is 4.47. The minimum atomic E-state index is -4.00. The van der Waals surface area contributed by atoms with Crippen LogP contribution in [-0.4, -0.2) is 27.7 Å². The number of nitro benzene ring substituents is 1. The van der Waals surface area contributed by atoms with Crippen molar-refractivity contribution in [2.45, 2.75) is 11.8 Å². The highest BCUT2D eigenvalue weighted by molar-refractivity contribution is 7.92. The fourth-order valence-corrected chi connectivity index (χ4v) is 4.07. The fourth-order valence-electron chi connectivity index (χ4n) is 2.98. The van der Waals surface area contributed by atoms with Crippen LogP contribution in [0.25, 0.3) is 17.0 Å². The van der Waals surface area contributed by atoms with E-state index in [1.54, 1.807) is 30.5 Å². The second kappa shape index (κ2) is 6.99. The number of hydrogen-bond acceptors (Lipinski definition) is 6. The maximum atomic E-state index is 12.7. The smallest absolute Gasteiger partial charge is 0.270 e. The van der Waals surface area contributed by atoms with E-state index < -0.39 is 14.9 Å². The van der Waals surface area contributed by atoms with Crippen LogP contribution < -0.4 is 4.72 Å². The summed E-state index contributed by atoms with van der Waals surface area (Å²) in [5.74, 6) is 0.544. The summed E-state index contributed by atoms with van der Waals surface area (Å²) >= 11 is 0. The van der Waals surface area contributed by atoms with Gasteiger partial charge in [-0.3, -0.25) is 19.2 Å². The first kappa shape index (κ1) is 18.6. The van der Waals surface area contributed by atoms with Gasteiger partial charge in [0.05, 0.1) is 15.5 Å². The minimum absolute atomic E-state index is 0.190. The fraction of sp³-hybridized carbons (Fsp3) is 0.0526. The van der Waals surface area contributed by atoms with E-state index in [2.05, 4.69) is 14.7 Å². The third-order valence-corrected chi connectivity index (χ3v) is 5.75. The molecule has 0 radical (unpaired) electrons. The zero-order valence-electron chi connectivity index (χ0n) is 15.2. The van der Waals surface area contributed by atoms with Crippen LogP contribution in [0, 0.1) is 17.0 Å². The molecule has 2 heterocycles. The first-order valence-corrected chi connectivity index (χ1v) is 10.0. The van der Waals surface area contributed by atoms with Gasteiger partial charge in [-0.05, 0) is 31.2 Å². The number of aryl methyl sites for hydroxylation is 1. The van der Waals surface area contributed by atoms with Gasteiger partial charge in [-0.2, -0.15) is 0 Å². The van der Waals surface area contributed by atoms with E-state index in [-0.39, 0.29) is 10.6 Å². The van der Waals surface area contributed by atoms with Crippen LogP contribution in [-0.2, 0) is 10.0 Å². The molecule has 4 rings (SSSR count). The first-order valence-electron chi connectivity index (χ1n) is 8.52. The third kappa shape index (κ3) is 3.52. The van der Waals surface area contributed by atoms with Gasteiger partial charge in [0.2, 0.25) is 5.78 Å². The van der Waals surface area contributed by atoms with Gasteiger partial charge < -0.3 is 0 Å². The number of benzene rings is 2. The number of nitrogens with one attached hydrogen (secondary N) is 1. The maximum Gasteiger partial charge on any atom is 0.270 e. The molecule has 2 aromatic heterocycles. The summed E-state index contributed by atoms with van der Waals surface area (Å²) in [4.78, 5) is 18.8. The Labute approximate surface area is 165 Å². The summed E-state index contributed by atoms with van der Waals surface area (Å²) in [6.45, 7) is 1.90. The minimum Gasteiger partial charge on any atom is -0.288 e. The highest BCUT2D eigenvalue weighted by Gasteiger charge is 2.18. The molecule has 0 fully saturated rings. The van der Waals surface area contributed by atoms with Crippen LogP contribution in [0.15, 0.2) is 71.9 Å². The average Bonchev–Trinajstić information content (AvgIpc) is 3.05. The van der Waals surface area contributed by atoms with Crippen molar-refractivity contribution in [1.82, 2.24) is 14.4 Å². The van der Waals surface area contributed by atoms with Crippen molar-refractivity contribution in [3.05, 3.63) is 82.8 Å². The van der Waals surface area contributed by atoms with E-state index in [0.717, 1.165) is 11.8 Å². The number of hydrogen-bond donors (Lipinski definition) is 1. The first-order chi connectivity index (χ1) is 13.8. The van der Waals surface area contributed by atoms with Gasteiger partial charge in [0.1, 0.15) is 0 Å². The Balaban J connectivity index is 1.69. The van der Waals surface area contributed by atoms with Gasteiger partial charge in [-0.25, -0.2) is 18.4 Å². The molecule has 0 aliphatic carbocycles. The van der Waals surface area contributed by atoms with Gasteiger partial charge in [0.15, 0.2) is 0 Å². The molecular formula is C19H15N5O4S. The maximum absolute atomic E-state index is 12.7. The van der Waals surface area contributed by atoms with Crippen molar-refractivity contribution < 1.29 is 13.3 Å². The molecular weight excluding hydrogens is 394 g/mol. The summed E-state index contributed by atoms with van der Waals surface area (Å²) in [6.07, 6.45) is 3.50. The summed E-state index contributed by atoms with van der Waals surface area (Å²) in [5, 5.41) is 10.9. The quantitative estimate of drug-likeness (QED) is 0.398. The summed E-state index contributed by atoms with van der Waals surface area (Å²) in [5.41, 5.74) is 2.28. The zero-order valence-corrected chi connectivity index (χ0v) is 16.0. The van der Waals surface area contributed by atoms with Crippen LogP contribution in [0.3, 0.4) is 0 Å². The second-order valence-electron chi connectivity index (χ2n) is 6.28. The van der Waals surface area contributed by atoms with E-state index in [1.807, 2.05) is 23.6 Å². The van der Waals surface area contributed by atoms with E-state index in [4.69, 9.17) is 0 Å². The highest BCUT2D eigenvalue weighted by Crippen LogP contribution is 2.27. The molecule has 0 atom stereocenters. The van der Waals surface area contributed by atoms with Crippen molar-refractivity contribution in [2.24, 2.45) is 0 Å². The molecule has 0 spiro atoms. The summed E-state index contributed by atoms with van der Waals surface area (Å²) in [6, 6.07) is 13.5. The van der Waals surface area contributed by atoms with Gasteiger partial charge in [-0.1, -0.05) is 18.2 Å². The predicted molar refractivity (Wildman–Crippen MR) is 107 cm³/mol. The molecule has 146 valence electrons. The van der Waals surface area contributed by atoms with Crippen LogP contribution in [0.2, 0.25) is 0 Å². The van der Waals surface area contributed by atoms with E-state index >= 15 is 0 Å². The van der Waals surface area contributed by atoms with Gasteiger partial charge >= 0.3 is 0 Å². The lowest BCUT2D eigenvalue weighted by Crippen LogP contribution is -2.13. The molecule has 4 aromatic rings. The number of nitrogens with zero attached hydrogens (tertiary/aromatic N) is 4. The Hall–Kier alpha value is -3.79. The van der Waals surface area contributed by atoms with Crippen molar-refractivity contribution in [3.63, 3.8) is 0 Å². The molecule has 2 aromatic carbocycles. The molecule has 29 heavy (non-hydrogen) atoms. The standard InChI is InChI=1S/C19H15N5O4S/c1-13-18(21-19-20-9-4-10-23(13)19)14-5-2-6-15(11-14)22-29(27,28)17-8-3-7-16(12-17)24(25)26/h2-12,22H,1H3. The van der Waals surface area contributed by atoms with E-state index in [1.165, 1.54) is 18.2 Å². The number of anilines is 1. The number of aromatic nitrogens is 3. The Morgan fingerprint density at radius 3 is 2.66 bits per heavy atom.